The highest BCUT2D eigenvalue weighted by atomic mass is 19.1. The highest BCUT2D eigenvalue weighted by Gasteiger charge is 2.15. The van der Waals surface area contributed by atoms with Gasteiger partial charge in [0.05, 0.1) is 5.70 Å². The van der Waals surface area contributed by atoms with Crippen LogP contribution in [0.4, 0.5) is 26.2 Å². The molecule has 32 heavy (non-hydrogen) atoms. The molecular formula is C24H34FN5O2. The van der Waals surface area contributed by atoms with Gasteiger partial charge in [0, 0.05) is 49.1 Å². The van der Waals surface area contributed by atoms with Gasteiger partial charge in [0.25, 0.3) is 0 Å². The lowest BCUT2D eigenvalue weighted by molar-refractivity contribution is 0.195. The fourth-order valence-corrected chi connectivity index (χ4v) is 3.07. The van der Waals surface area contributed by atoms with Crippen LogP contribution in [-0.4, -0.2) is 32.0 Å². The first kappa shape index (κ1) is 25.0. The number of hydrogen-bond acceptors (Lipinski definition) is 5. The lowest BCUT2D eigenvalue weighted by Crippen LogP contribution is -2.32. The quantitative estimate of drug-likeness (QED) is 0.260. The number of carbonyl (C=O) groups excluding carboxylic acids is 1. The predicted molar refractivity (Wildman–Crippen MR) is 130 cm³/mol. The van der Waals surface area contributed by atoms with E-state index in [0.717, 1.165) is 29.7 Å². The van der Waals surface area contributed by atoms with Gasteiger partial charge in [-0.15, -0.1) is 0 Å². The van der Waals surface area contributed by atoms with E-state index in [9.17, 15) is 9.18 Å². The van der Waals surface area contributed by atoms with Gasteiger partial charge in [-0.25, -0.2) is 9.18 Å². The smallest absolute Gasteiger partial charge is 0.319 e. The van der Waals surface area contributed by atoms with E-state index < -0.39 is 5.67 Å². The number of benzene rings is 2. The van der Waals surface area contributed by atoms with E-state index >= 15 is 0 Å². The van der Waals surface area contributed by atoms with Crippen LogP contribution < -0.4 is 27.4 Å². The van der Waals surface area contributed by atoms with Crippen molar-refractivity contribution >= 4 is 28.8 Å². The Labute approximate surface area is 189 Å². The zero-order valence-corrected chi connectivity index (χ0v) is 19.0. The molecule has 0 unspecified atom stereocenters. The molecule has 0 radical (unpaired) electrons. The highest BCUT2D eigenvalue weighted by molar-refractivity contribution is 5.89. The van der Waals surface area contributed by atoms with Crippen molar-refractivity contribution < 1.29 is 13.9 Å². The fourth-order valence-electron chi connectivity index (χ4n) is 3.07. The van der Waals surface area contributed by atoms with Crippen LogP contribution in [0.25, 0.3) is 5.70 Å². The standard InChI is InChI=1S/C24H34FN5O2/c1-24(2,25)12-13-28-23(31)30-19-9-7-18(8-10-19)29-22(16-26)20-11-6-17(15-21(20)27)5-4-14-32-3/h6-11,15-16,29H,4-5,12-14,26-27H2,1-3H3,(H2,28,30,31)/b22-16+. The van der Waals surface area contributed by atoms with Crippen LogP contribution >= 0.6 is 0 Å². The molecule has 2 rings (SSSR count). The van der Waals surface area contributed by atoms with Gasteiger partial charge in [-0.3, -0.25) is 0 Å². The van der Waals surface area contributed by atoms with Gasteiger partial charge < -0.3 is 32.2 Å². The molecule has 0 fully saturated rings. The monoisotopic (exact) mass is 443 g/mol. The van der Waals surface area contributed by atoms with Gasteiger partial charge in [-0.2, -0.15) is 0 Å². The summed E-state index contributed by atoms with van der Waals surface area (Å²) in [4.78, 5) is 11.9. The summed E-state index contributed by atoms with van der Waals surface area (Å²) >= 11 is 0. The van der Waals surface area contributed by atoms with Crippen molar-refractivity contribution in [2.24, 2.45) is 5.73 Å². The Morgan fingerprint density at radius 2 is 1.78 bits per heavy atom. The van der Waals surface area contributed by atoms with Crippen molar-refractivity contribution in [2.75, 3.05) is 36.6 Å². The highest BCUT2D eigenvalue weighted by Crippen LogP contribution is 2.25. The van der Waals surface area contributed by atoms with Crippen LogP contribution in [0, 0.1) is 0 Å². The Bertz CT molecular complexity index is 908. The van der Waals surface area contributed by atoms with Crippen molar-refractivity contribution in [3.05, 3.63) is 59.8 Å². The first-order valence-corrected chi connectivity index (χ1v) is 10.6. The molecule has 2 aromatic carbocycles. The van der Waals surface area contributed by atoms with Crippen molar-refractivity contribution in [1.29, 1.82) is 0 Å². The second-order valence-corrected chi connectivity index (χ2v) is 8.15. The number of nitrogen functional groups attached to an aromatic ring is 1. The van der Waals surface area contributed by atoms with E-state index in [0.29, 0.717) is 23.7 Å². The van der Waals surface area contributed by atoms with Crippen molar-refractivity contribution in [1.82, 2.24) is 5.32 Å². The summed E-state index contributed by atoms with van der Waals surface area (Å²) in [6.45, 7) is 3.92. The molecule has 0 aliphatic carbocycles. The Hall–Kier alpha value is -3.26. The number of hydrogen-bond donors (Lipinski definition) is 5. The van der Waals surface area contributed by atoms with E-state index in [2.05, 4.69) is 16.0 Å². The van der Waals surface area contributed by atoms with Gasteiger partial charge in [0.1, 0.15) is 5.67 Å². The zero-order chi connectivity index (χ0) is 23.6. The minimum atomic E-state index is -1.32. The number of ether oxygens (including phenoxy) is 1. The summed E-state index contributed by atoms with van der Waals surface area (Å²) in [6.07, 6.45) is 3.54. The van der Waals surface area contributed by atoms with Gasteiger partial charge in [0.15, 0.2) is 0 Å². The van der Waals surface area contributed by atoms with E-state index in [1.165, 1.54) is 20.0 Å². The molecule has 0 saturated carbocycles. The number of methoxy groups -OCH3 is 1. The van der Waals surface area contributed by atoms with Crippen molar-refractivity contribution in [2.45, 2.75) is 38.8 Å². The summed E-state index contributed by atoms with van der Waals surface area (Å²) in [7, 11) is 1.69. The molecule has 0 heterocycles. The van der Waals surface area contributed by atoms with Gasteiger partial charge >= 0.3 is 6.03 Å². The number of carbonyl (C=O) groups is 1. The Morgan fingerprint density at radius 3 is 2.34 bits per heavy atom. The number of rotatable bonds is 11. The first-order chi connectivity index (χ1) is 15.2. The topological polar surface area (TPSA) is 114 Å². The van der Waals surface area contributed by atoms with E-state index in [1.54, 1.807) is 19.2 Å². The number of nitrogens with two attached hydrogens (primary N) is 2. The Kier molecular flexibility index (Phi) is 9.34. The molecule has 0 spiro atoms. The molecule has 7 N–H and O–H groups in total. The minimum Gasteiger partial charge on any atom is -0.403 e. The number of urea groups is 1. The van der Waals surface area contributed by atoms with E-state index in [-0.39, 0.29) is 19.0 Å². The van der Waals surface area contributed by atoms with Crippen LogP contribution in [0.2, 0.25) is 0 Å². The first-order valence-electron chi connectivity index (χ1n) is 10.6. The molecule has 8 heteroatoms. The molecule has 0 atom stereocenters. The maximum Gasteiger partial charge on any atom is 0.319 e. The van der Waals surface area contributed by atoms with Gasteiger partial charge in [0.2, 0.25) is 0 Å². The Morgan fingerprint density at radius 1 is 1.12 bits per heavy atom. The summed E-state index contributed by atoms with van der Waals surface area (Å²) in [5, 5.41) is 8.62. The zero-order valence-electron chi connectivity index (χ0n) is 19.0. The minimum absolute atomic E-state index is 0.245. The normalized spacial score (nSPS) is 11.8. The molecule has 0 bridgehead atoms. The number of alkyl halides is 1. The third-order valence-corrected chi connectivity index (χ3v) is 4.81. The van der Waals surface area contributed by atoms with Crippen LogP contribution in [0.5, 0.6) is 0 Å². The van der Waals surface area contributed by atoms with Crippen LogP contribution in [0.3, 0.4) is 0 Å². The predicted octanol–water partition coefficient (Wildman–Crippen LogP) is 4.48. The maximum atomic E-state index is 13.5. The average molecular weight is 444 g/mol. The summed E-state index contributed by atoms with van der Waals surface area (Å²) < 4.78 is 18.6. The number of amides is 2. The molecule has 174 valence electrons. The number of halogens is 1. The fraction of sp³-hybridized carbons (Fsp3) is 0.375. The molecule has 2 amide bonds. The molecule has 0 aliphatic rings. The lowest BCUT2D eigenvalue weighted by atomic mass is 10.0. The third kappa shape index (κ3) is 8.47. The van der Waals surface area contributed by atoms with Crippen LogP contribution in [-0.2, 0) is 11.2 Å². The molecule has 0 aromatic heterocycles. The summed E-state index contributed by atoms with van der Waals surface area (Å²) in [5.41, 5.74) is 15.4. The molecular weight excluding hydrogens is 409 g/mol. The van der Waals surface area contributed by atoms with Crippen LogP contribution in [0.1, 0.15) is 37.8 Å². The number of aryl methyl sites for hydroxylation is 1. The largest absolute Gasteiger partial charge is 0.403 e. The summed E-state index contributed by atoms with van der Waals surface area (Å²) in [5.74, 6) is 0. The van der Waals surface area contributed by atoms with Crippen molar-refractivity contribution in [3.63, 3.8) is 0 Å². The SMILES string of the molecule is COCCCc1ccc(/C(=C\N)Nc2ccc(NC(=O)NCCC(C)(C)F)cc2)c(N)c1. The molecule has 0 aliphatic heterocycles. The summed E-state index contributed by atoms with van der Waals surface area (Å²) in [6, 6.07) is 12.7. The lowest BCUT2D eigenvalue weighted by Gasteiger charge is -2.15. The third-order valence-electron chi connectivity index (χ3n) is 4.81. The van der Waals surface area contributed by atoms with E-state index in [1.807, 2.05) is 30.3 Å². The molecule has 2 aromatic rings. The van der Waals surface area contributed by atoms with Gasteiger partial charge in [-0.1, -0.05) is 12.1 Å². The van der Waals surface area contributed by atoms with Crippen molar-refractivity contribution in [3.8, 4) is 0 Å². The maximum absolute atomic E-state index is 13.5. The van der Waals surface area contributed by atoms with Crippen LogP contribution in [0.15, 0.2) is 48.7 Å². The Balaban J connectivity index is 1.94. The number of anilines is 3. The second kappa shape index (κ2) is 12.0. The molecule has 0 saturated heterocycles. The molecule has 7 nitrogen and oxygen atoms in total. The van der Waals surface area contributed by atoms with Gasteiger partial charge in [-0.05, 0) is 69.0 Å². The second-order valence-electron chi connectivity index (χ2n) is 8.15. The average Bonchev–Trinajstić information content (AvgIpc) is 2.73. The number of nitrogens with one attached hydrogen (secondary N) is 3. The van der Waals surface area contributed by atoms with E-state index in [4.69, 9.17) is 16.2 Å².